The molecule has 4 aromatic carbocycles. The van der Waals surface area contributed by atoms with E-state index in [1.807, 2.05) is 49.4 Å². The molecule has 1 radical (unpaired) electrons. The number of nitrogens with one attached hydrogen (secondary N) is 3. The van der Waals surface area contributed by atoms with Crippen LogP contribution in [0.3, 0.4) is 0 Å². The van der Waals surface area contributed by atoms with Crippen LogP contribution >= 0.6 is 11.6 Å². The summed E-state index contributed by atoms with van der Waals surface area (Å²) in [4.78, 5) is 47.6. The van der Waals surface area contributed by atoms with Crippen LogP contribution in [0.1, 0.15) is 41.8 Å². The third-order valence-corrected chi connectivity index (χ3v) is 10.1. The van der Waals surface area contributed by atoms with Crippen LogP contribution in [0.2, 0.25) is 0 Å². The normalized spacial score (nSPS) is 13.2. The lowest BCUT2D eigenvalue weighted by Gasteiger charge is -2.20. The summed E-state index contributed by atoms with van der Waals surface area (Å²) in [6.07, 6.45) is -0.668. The maximum atomic E-state index is 14.2. The molecule has 3 amide bonds. The second-order valence-electron chi connectivity index (χ2n) is 13.0. The van der Waals surface area contributed by atoms with Crippen molar-refractivity contribution in [2.45, 2.75) is 20.8 Å². The van der Waals surface area contributed by atoms with Gasteiger partial charge in [-0.05, 0) is 86.5 Å². The molecule has 2 aromatic heterocycles. The molecule has 8 rings (SSSR count). The summed E-state index contributed by atoms with van der Waals surface area (Å²) in [5.41, 5.74) is 6.91. The smallest absolute Gasteiger partial charge is 0.417 e. The number of carbonyl (C=O) groups is 3. The van der Waals surface area contributed by atoms with E-state index >= 15 is 0 Å². The molecule has 53 heavy (non-hydrogen) atoms. The minimum Gasteiger partial charge on any atom is -0.451 e. The Bertz CT molecular complexity index is 2570. The quantitative estimate of drug-likeness (QED) is 0.136. The third kappa shape index (κ3) is 6.23. The van der Waals surface area contributed by atoms with Crippen molar-refractivity contribution in [1.82, 2.24) is 10.3 Å². The fourth-order valence-electron chi connectivity index (χ4n) is 7.12. The van der Waals surface area contributed by atoms with Gasteiger partial charge < -0.3 is 29.3 Å². The highest BCUT2D eigenvalue weighted by molar-refractivity contribution is 6.23. The number of benzene rings is 4. The van der Waals surface area contributed by atoms with Crippen molar-refractivity contribution in [3.05, 3.63) is 107 Å². The predicted molar refractivity (Wildman–Crippen MR) is 209 cm³/mol. The SMILES string of the molecule is CCN(CC)c1ccc2cc(C(=O)Nc3ccc4[nH]c(C(=O)N5CC(CCl)=c6c5cc(OC(=O)Nc5ccccc5)c5c6=C(C)C[N]5)cc4c3)oc2c1. The molecule has 12 heteroatoms. The molecule has 2 aliphatic heterocycles. The number of carbonyl (C=O) groups excluding carboxylic acids is 3. The first-order valence-corrected chi connectivity index (χ1v) is 18.0. The van der Waals surface area contributed by atoms with E-state index in [1.54, 1.807) is 47.4 Å². The van der Waals surface area contributed by atoms with Crippen molar-refractivity contribution in [3.8, 4) is 5.75 Å². The maximum absolute atomic E-state index is 14.2. The number of alkyl halides is 1. The summed E-state index contributed by atoms with van der Waals surface area (Å²) in [6, 6.07) is 25.5. The van der Waals surface area contributed by atoms with Gasteiger partial charge in [-0.1, -0.05) is 18.2 Å². The van der Waals surface area contributed by atoms with Gasteiger partial charge in [-0.2, -0.15) is 0 Å². The van der Waals surface area contributed by atoms with E-state index in [0.717, 1.165) is 56.6 Å². The Morgan fingerprint density at radius 3 is 2.51 bits per heavy atom. The summed E-state index contributed by atoms with van der Waals surface area (Å²) in [5, 5.41) is 13.6. The Labute approximate surface area is 309 Å². The molecule has 0 saturated carbocycles. The van der Waals surface area contributed by atoms with Gasteiger partial charge in [0, 0.05) is 81.4 Å². The molecule has 0 aliphatic carbocycles. The van der Waals surface area contributed by atoms with E-state index < -0.39 is 6.09 Å². The van der Waals surface area contributed by atoms with Crippen molar-refractivity contribution < 1.29 is 23.5 Å². The number of halogens is 1. The molecular formula is C41H36ClN6O5. The summed E-state index contributed by atoms with van der Waals surface area (Å²) >= 11 is 6.48. The molecule has 3 N–H and O–H groups in total. The van der Waals surface area contributed by atoms with Gasteiger partial charge in [-0.25, -0.2) is 4.79 Å². The third-order valence-electron chi connectivity index (χ3n) is 9.73. The molecule has 0 unspecified atom stereocenters. The zero-order valence-electron chi connectivity index (χ0n) is 29.4. The molecule has 0 fully saturated rings. The largest absolute Gasteiger partial charge is 0.451 e. The number of rotatable bonds is 9. The van der Waals surface area contributed by atoms with Crippen molar-refractivity contribution in [3.63, 3.8) is 0 Å². The van der Waals surface area contributed by atoms with Crippen LogP contribution in [0.15, 0.2) is 89.3 Å². The number of hydrogen-bond donors (Lipinski definition) is 3. The van der Waals surface area contributed by atoms with E-state index in [1.165, 1.54) is 0 Å². The molecule has 11 nitrogen and oxygen atoms in total. The summed E-state index contributed by atoms with van der Waals surface area (Å²) in [7, 11) is 0. The second kappa shape index (κ2) is 13.7. The molecular weight excluding hydrogens is 692 g/mol. The molecule has 2 aliphatic rings. The van der Waals surface area contributed by atoms with E-state index in [0.29, 0.717) is 40.6 Å². The van der Waals surface area contributed by atoms with Crippen LogP contribution in [-0.2, 0) is 0 Å². The Hall–Kier alpha value is -6.20. The van der Waals surface area contributed by atoms with Gasteiger partial charge >= 0.3 is 6.09 Å². The summed E-state index contributed by atoms with van der Waals surface area (Å²) < 4.78 is 11.8. The lowest BCUT2D eigenvalue weighted by molar-refractivity contribution is 0.0983. The fraction of sp³-hybridized carbons (Fsp3) is 0.195. The van der Waals surface area contributed by atoms with Gasteiger partial charge in [0.15, 0.2) is 11.5 Å². The maximum Gasteiger partial charge on any atom is 0.417 e. The molecule has 0 bridgehead atoms. The number of anilines is 4. The number of para-hydroxylation sites is 1. The van der Waals surface area contributed by atoms with Gasteiger partial charge in [0.1, 0.15) is 17.0 Å². The molecule has 267 valence electrons. The van der Waals surface area contributed by atoms with Crippen molar-refractivity contribution in [2.75, 3.05) is 52.5 Å². The molecule has 0 spiro atoms. The molecule has 6 aromatic rings. The number of nitrogens with zero attached hydrogens (tertiary/aromatic N) is 3. The molecule has 0 saturated heterocycles. The Kier molecular flexibility index (Phi) is 8.79. The van der Waals surface area contributed by atoms with E-state index in [-0.39, 0.29) is 35.7 Å². The number of ether oxygens (including phenoxy) is 1. The van der Waals surface area contributed by atoms with Crippen LogP contribution < -0.4 is 40.9 Å². The zero-order valence-corrected chi connectivity index (χ0v) is 30.1. The Balaban J connectivity index is 1.06. The minimum absolute atomic E-state index is 0.202. The van der Waals surface area contributed by atoms with Crippen molar-refractivity contribution in [1.29, 1.82) is 0 Å². The highest BCUT2D eigenvalue weighted by Crippen LogP contribution is 2.33. The second-order valence-corrected chi connectivity index (χ2v) is 13.3. The van der Waals surface area contributed by atoms with Gasteiger partial charge in [0.05, 0.1) is 12.2 Å². The fourth-order valence-corrected chi connectivity index (χ4v) is 7.34. The lowest BCUT2D eigenvalue weighted by Crippen LogP contribution is -2.34. The monoisotopic (exact) mass is 727 g/mol. The van der Waals surface area contributed by atoms with Crippen LogP contribution in [-0.4, -0.2) is 55.0 Å². The van der Waals surface area contributed by atoms with E-state index in [9.17, 15) is 14.4 Å². The topological polar surface area (TPSA) is 134 Å². The Morgan fingerprint density at radius 1 is 0.925 bits per heavy atom. The lowest BCUT2D eigenvalue weighted by atomic mass is 10.1. The standard InChI is InChI=1S/C41H36ClN6O5/c1-4-47(5-2)29-13-11-24-17-35(52-33(24)18-29)39(49)44-28-12-14-30-25(15-28)16-31(46-30)40(50)48-22-26(20-42)37-32(48)19-34(38-36(37)23(3)21-43-38)53-41(51)45-27-9-7-6-8-10-27/h6-19,46H,4-5,20-22H2,1-3H3,(H,44,49)(H,45,51). The van der Waals surface area contributed by atoms with Crippen LogP contribution in [0.25, 0.3) is 33.0 Å². The van der Waals surface area contributed by atoms with Gasteiger partial charge in [-0.15, -0.1) is 11.6 Å². The van der Waals surface area contributed by atoms with Gasteiger partial charge in [0.2, 0.25) is 0 Å². The van der Waals surface area contributed by atoms with Crippen molar-refractivity contribution >= 4 is 91.0 Å². The highest BCUT2D eigenvalue weighted by Gasteiger charge is 2.32. The van der Waals surface area contributed by atoms with Gasteiger partial charge in [0.25, 0.3) is 11.8 Å². The zero-order chi connectivity index (χ0) is 36.8. The minimum atomic E-state index is -0.668. The number of aromatic amines is 1. The average molecular weight is 728 g/mol. The van der Waals surface area contributed by atoms with Crippen LogP contribution in [0.5, 0.6) is 5.75 Å². The molecule has 0 atom stereocenters. The number of furan rings is 1. The van der Waals surface area contributed by atoms with Crippen molar-refractivity contribution in [2.24, 2.45) is 0 Å². The highest BCUT2D eigenvalue weighted by atomic mass is 35.5. The first-order valence-electron chi connectivity index (χ1n) is 17.4. The van der Waals surface area contributed by atoms with Crippen LogP contribution in [0.4, 0.5) is 33.2 Å². The molecule has 4 heterocycles. The van der Waals surface area contributed by atoms with Crippen LogP contribution in [0, 0.1) is 0 Å². The number of amides is 3. The van der Waals surface area contributed by atoms with E-state index in [4.69, 9.17) is 20.8 Å². The average Bonchev–Trinajstić information content (AvgIpc) is 3.96. The summed E-state index contributed by atoms with van der Waals surface area (Å²) in [5.74, 6) is 0.00331. The number of hydrogen-bond acceptors (Lipinski definition) is 6. The first-order chi connectivity index (χ1) is 25.7. The van der Waals surface area contributed by atoms with Gasteiger partial charge in [-0.3, -0.25) is 20.2 Å². The first kappa shape index (κ1) is 33.9. The number of H-pyrrole nitrogens is 1. The number of fused-ring (bicyclic) bond motifs is 5. The number of aromatic nitrogens is 1. The summed E-state index contributed by atoms with van der Waals surface area (Å²) in [6.45, 7) is 8.62. The predicted octanol–water partition coefficient (Wildman–Crippen LogP) is 7.09. The van der Waals surface area contributed by atoms with E-state index in [2.05, 4.69) is 39.7 Å². The Morgan fingerprint density at radius 2 is 1.74 bits per heavy atom.